The highest BCUT2D eigenvalue weighted by atomic mass is 14.9. The average Bonchev–Trinajstić information content (AvgIpc) is 2.16. The van der Waals surface area contributed by atoms with Gasteiger partial charge < -0.3 is 5.32 Å². The third-order valence-corrected chi connectivity index (χ3v) is 2.77. The molecule has 0 aliphatic carbocycles. The summed E-state index contributed by atoms with van der Waals surface area (Å²) in [6.07, 6.45) is 1.22. The van der Waals surface area contributed by atoms with E-state index in [1.54, 1.807) is 0 Å². The Morgan fingerprint density at radius 1 is 1.12 bits per heavy atom. The Labute approximate surface area is 100 Å². The Bertz CT molecular complexity index is 320. The number of benzene rings is 1. The average molecular weight is 219 g/mol. The molecule has 0 amide bonds. The molecule has 0 aliphatic heterocycles. The highest BCUT2D eigenvalue weighted by Crippen LogP contribution is 2.29. The van der Waals surface area contributed by atoms with Gasteiger partial charge in [0, 0.05) is 12.2 Å². The van der Waals surface area contributed by atoms with Crippen molar-refractivity contribution in [1.29, 1.82) is 0 Å². The minimum atomic E-state index is 0.210. The Morgan fingerprint density at radius 3 is 2.31 bits per heavy atom. The number of hydrogen-bond acceptors (Lipinski definition) is 1. The van der Waals surface area contributed by atoms with Crippen molar-refractivity contribution in [3.63, 3.8) is 0 Å². The zero-order chi connectivity index (χ0) is 12.2. The summed E-state index contributed by atoms with van der Waals surface area (Å²) in [6, 6.07) is 8.62. The van der Waals surface area contributed by atoms with Crippen LogP contribution in [0.15, 0.2) is 24.3 Å². The van der Waals surface area contributed by atoms with Gasteiger partial charge in [0.2, 0.25) is 0 Å². The van der Waals surface area contributed by atoms with E-state index in [-0.39, 0.29) is 5.41 Å². The lowest BCUT2D eigenvalue weighted by atomic mass is 9.86. The lowest BCUT2D eigenvalue weighted by molar-refractivity contribution is 0.587. The van der Waals surface area contributed by atoms with Crippen LogP contribution in [0.3, 0.4) is 0 Å². The van der Waals surface area contributed by atoms with Crippen LogP contribution in [0.2, 0.25) is 0 Å². The third kappa shape index (κ3) is 3.88. The number of anilines is 1. The summed E-state index contributed by atoms with van der Waals surface area (Å²) in [7, 11) is 0. The third-order valence-electron chi connectivity index (χ3n) is 2.77. The first kappa shape index (κ1) is 13.1. The van der Waals surface area contributed by atoms with Crippen molar-refractivity contribution in [3.05, 3.63) is 29.8 Å². The van der Waals surface area contributed by atoms with E-state index >= 15 is 0 Å². The fourth-order valence-electron chi connectivity index (χ4n) is 1.79. The van der Waals surface area contributed by atoms with Gasteiger partial charge in [-0.25, -0.2) is 0 Å². The summed E-state index contributed by atoms with van der Waals surface area (Å²) >= 11 is 0. The van der Waals surface area contributed by atoms with Gasteiger partial charge in [0.25, 0.3) is 0 Å². The summed E-state index contributed by atoms with van der Waals surface area (Å²) in [4.78, 5) is 0. The van der Waals surface area contributed by atoms with Crippen LogP contribution < -0.4 is 5.32 Å². The maximum absolute atomic E-state index is 3.55. The van der Waals surface area contributed by atoms with Crippen LogP contribution in [0.25, 0.3) is 0 Å². The van der Waals surface area contributed by atoms with Gasteiger partial charge >= 0.3 is 0 Å². The quantitative estimate of drug-likeness (QED) is 0.789. The fourth-order valence-corrected chi connectivity index (χ4v) is 1.79. The second-order valence-electron chi connectivity index (χ2n) is 5.90. The molecule has 0 bridgehead atoms. The standard InChI is InChI=1S/C15H25N/c1-12(2)10-11-16-14-9-7-6-8-13(14)15(3,4)5/h6-9,12,16H,10-11H2,1-5H3. The normalized spacial score (nSPS) is 11.9. The zero-order valence-electron chi connectivity index (χ0n) is 11.3. The Morgan fingerprint density at radius 2 is 1.75 bits per heavy atom. The van der Waals surface area contributed by atoms with Crippen molar-refractivity contribution in [1.82, 2.24) is 0 Å². The van der Waals surface area contributed by atoms with Crippen LogP contribution in [0.4, 0.5) is 5.69 Å². The SMILES string of the molecule is CC(C)CCNc1ccccc1C(C)(C)C. The summed E-state index contributed by atoms with van der Waals surface area (Å²) < 4.78 is 0. The molecule has 0 heterocycles. The van der Waals surface area contributed by atoms with Gasteiger partial charge in [0.1, 0.15) is 0 Å². The van der Waals surface area contributed by atoms with Crippen LogP contribution >= 0.6 is 0 Å². The minimum absolute atomic E-state index is 0.210. The van der Waals surface area contributed by atoms with Gasteiger partial charge in [0.15, 0.2) is 0 Å². The van der Waals surface area contributed by atoms with Crippen LogP contribution in [0, 0.1) is 5.92 Å². The van der Waals surface area contributed by atoms with Crippen molar-refractivity contribution in [3.8, 4) is 0 Å². The summed E-state index contributed by atoms with van der Waals surface area (Å²) in [6.45, 7) is 12.4. The Kier molecular flexibility index (Phi) is 4.40. The second kappa shape index (κ2) is 5.38. The van der Waals surface area contributed by atoms with Gasteiger partial charge in [0.05, 0.1) is 0 Å². The lowest BCUT2D eigenvalue weighted by Crippen LogP contribution is -2.15. The molecule has 1 nitrogen and oxygen atoms in total. The molecule has 16 heavy (non-hydrogen) atoms. The first-order valence-corrected chi connectivity index (χ1v) is 6.24. The van der Waals surface area contributed by atoms with Crippen LogP contribution in [-0.2, 0) is 5.41 Å². The van der Waals surface area contributed by atoms with Gasteiger partial charge in [-0.1, -0.05) is 52.8 Å². The maximum Gasteiger partial charge on any atom is 0.0378 e. The molecule has 0 saturated carbocycles. The summed E-state index contributed by atoms with van der Waals surface area (Å²) in [5, 5.41) is 3.55. The molecule has 0 unspecified atom stereocenters. The van der Waals surface area contributed by atoms with E-state index in [1.165, 1.54) is 17.7 Å². The molecule has 0 atom stereocenters. The largest absolute Gasteiger partial charge is 0.385 e. The smallest absolute Gasteiger partial charge is 0.0378 e. The predicted molar refractivity (Wildman–Crippen MR) is 73.1 cm³/mol. The molecule has 1 N–H and O–H groups in total. The van der Waals surface area contributed by atoms with Gasteiger partial charge in [-0.2, -0.15) is 0 Å². The summed E-state index contributed by atoms with van der Waals surface area (Å²) in [5.74, 6) is 0.759. The number of nitrogens with one attached hydrogen (secondary N) is 1. The Hall–Kier alpha value is -0.980. The van der Waals surface area contributed by atoms with Crippen molar-refractivity contribution < 1.29 is 0 Å². The summed E-state index contributed by atoms with van der Waals surface area (Å²) in [5.41, 5.74) is 2.90. The van der Waals surface area contributed by atoms with Gasteiger partial charge in [-0.05, 0) is 29.4 Å². The molecule has 0 spiro atoms. The lowest BCUT2D eigenvalue weighted by Gasteiger charge is -2.23. The second-order valence-corrected chi connectivity index (χ2v) is 5.90. The van der Waals surface area contributed by atoms with Crippen LogP contribution in [0.5, 0.6) is 0 Å². The molecule has 1 aromatic rings. The maximum atomic E-state index is 3.55. The van der Waals surface area contributed by atoms with Crippen molar-refractivity contribution in [2.45, 2.75) is 46.5 Å². The first-order valence-electron chi connectivity index (χ1n) is 6.24. The van der Waals surface area contributed by atoms with E-state index < -0.39 is 0 Å². The molecule has 1 aromatic carbocycles. The minimum Gasteiger partial charge on any atom is -0.385 e. The molecule has 0 saturated heterocycles. The Balaban J connectivity index is 2.72. The van der Waals surface area contributed by atoms with E-state index in [2.05, 4.69) is 64.2 Å². The molecule has 0 aromatic heterocycles. The van der Waals surface area contributed by atoms with Gasteiger partial charge in [-0.3, -0.25) is 0 Å². The first-order chi connectivity index (χ1) is 7.41. The molecule has 0 fully saturated rings. The van der Waals surface area contributed by atoms with Crippen LogP contribution in [-0.4, -0.2) is 6.54 Å². The molecule has 0 aliphatic rings. The van der Waals surface area contributed by atoms with E-state index in [9.17, 15) is 0 Å². The monoisotopic (exact) mass is 219 g/mol. The van der Waals surface area contributed by atoms with Crippen molar-refractivity contribution >= 4 is 5.69 Å². The number of para-hydroxylation sites is 1. The molecule has 90 valence electrons. The van der Waals surface area contributed by atoms with Gasteiger partial charge in [-0.15, -0.1) is 0 Å². The highest BCUT2D eigenvalue weighted by molar-refractivity contribution is 5.54. The van der Waals surface area contributed by atoms with E-state index in [0.29, 0.717) is 0 Å². The van der Waals surface area contributed by atoms with E-state index in [4.69, 9.17) is 0 Å². The zero-order valence-corrected chi connectivity index (χ0v) is 11.3. The number of rotatable bonds is 4. The van der Waals surface area contributed by atoms with Crippen molar-refractivity contribution in [2.24, 2.45) is 5.92 Å². The molecule has 0 radical (unpaired) electrons. The molecular weight excluding hydrogens is 194 g/mol. The highest BCUT2D eigenvalue weighted by Gasteiger charge is 2.16. The predicted octanol–water partition coefficient (Wildman–Crippen LogP) is 4.44. The molecular formula is C15H25N. The van der Waals surface area contributed by atoms with E-state index in [0.717, 1.165) is 12.5 Å². The van der Waals surface area contributed by atoms with E-state index in [1.807, 2.05) is 0 Å². The number of hydrogen-bond donors (Lipinski definition) is 1. The van der Waals surface area contributed by atoms with Crippen molar-refractivity contribution in [2.75, 3.05) is 11.9 Å². The fraction of sp³-hybridized carbons (Fsp3) is 0.600. The topological polar surface area (TPSA) is 12.0 Å². The molecule has 1 rings (SSSR count). The molecule has 1 heteroatoms. The van der Waals surface area contributed by atoms with Crippen LogP contribution in [0.1, 0.15) is 46.6 Å².